The highest BCUT2D eigenvalue weighted by Gasteiger charge is 2.36. The van der Waals surface area contributed by atoms with Crippen LogP contribution in [0.25, 0.3) is 0 Å². The fourth-order valence-corrected chi connectivity index (χ4v) is 2.57. The zero-order valence-corrected chi connectivity index (χ0v) is 12.6. The molecule has 2 N–H and O–H groups in total. The molecule has 1 atom stereocenters. The summed E-state index contributed by atoms with van der Waals surface area (Å²) in [5.41, 5.74) is 0.801. The van der Waals surface area contributed by atoms with Crippen molar-refractivity contribution in [3.8, 4) is 0 Å². The first kappa shape index (κ1) is 15.4. The summed E-state index contributed by atoms with van der Waals surface area (Å²) < 4.78 is 41.2. The van der Waals surface area contributed by atoms with Crippen LogP contribution in [0.3, 0.4) is 0 Å². The molecule has 3 aromatic rings. The molecule has 0 saturated carbocycles. The fraction of sp³-hybridized carbons (Fsp3) is 0.231. The van der Waals surface area contributed by atoms with Crippen molar-refractivity contribution in [2.75, 3.05) is 5.32 Å². The number of alkyl halides is 3. The van der Waals surface area contributed by atoms with Crippen LogP contribution in [0, 0.1) is 6.92 Å². The van der Waals surface area contributed by atoms with Crippen LogP contribution < -0.4 is 5.32 Å². The molecule has 1 unspecified atom stereocenters. The summed E-state index contributed by atoms with van der Waals surface area (Å²) in [5, 5.41) is 9.77. The summed E-state index contributed by atoms with van der Waals surface area (Å²) in [6, 6.07) is 8.62. The number of nitrogens with one attached hydrogen (secondary N) is 2. The first-order valence-electron chi connectivity index (χ1n) is 6.55. The van der Waals surface area contributed by atoms with Crippen molar-refractivity contribution in [1.82, 2.24) is 24.5 Å². The van der Waals surface area contributed by atoms with Gasteiger partial charge >= 0.3 is 6.18 Å². The van der Waals surface area contributed by atoms with E-state index in [2.05, 4.69) is 29.9 Å². The number of H-pyrrole nitrogens is 1. The Morgan fingerprint density at radius 2 is 1.91 bits per heavy atom. The van der Waals surface area contributed by atoms with E-state index in [9.17, 15) is 13.2 Å². The smallest absolute Gasteiger partial charge is 0.346 e. The molecule has 1 aromatic carbocycles. The lowest BCUT2D eigenvalue weighted by molar-refractivity contribution is -0.144. The van der Waals surface area contributed by atoms with Crippen LogP contribution >= 0.6 is 11.5 Å². The normalized spacial score (nSPS) is 13.0. The van der Waals surface area contributed by atoms with Gasteiger partial charge in [0.05, 0.1) is 0 Å². The number of hydrogen-bond acceptors (Lipinski definition) is 6. The Labute approximate surface area is 133 Å². The minimum absolute atomic E-state index is 0.0497. The van der Waals surface area contributed by atoms with Crippen molar-refractivity contribution in [1.29, 1.82) is 0 Å². The van der Waals surface area contributed by atoms with Crippen LogP contribution in [-0.4, -0.2) is 24.5 Å². The number of rotatable bonds is 4. The molecule has 0 aliphatic carbocycles. The van der Waals surface area contributed by atoms with Gasteiger partial charge in [0.2, 0.25) is 11.0 Å². The first-order chi connectivity index (χ1) is 10.9. The molecule has 120 valence electrons. The van der Waals surface area contributed by atoms with Crippen LogP contribution in [0.4, 0.5) is 18.3 Å². The average Bonchev–Trinajstić information content (AvgIpc) is 3.14. The lowest BCUT2D eigenvalue weighted by Gasteiger charge is -2.15. The van der Waals surface area contributed by atoms with Crippen LogP contribution in [0.5, 0.6) is 0 Å². The maximum atomic E-state index is 12.6. The average molecular weight is 340 g/mol. The molecule has 0 spiro atoms. The van der Waals surface area contributed by atoms with Gasteiger partial charge in [0.25, 0.3) is 0 Å². The van der Waals surface area contributed by atoms with Gasteiger partial charge in [-0.1, -0.05) is 30.3 Å². The Kier molecular flexibility index (Phi) is 3.99. The van der Waals surface area contributed by atoms with Crippen LogP contribution in [0.15, 0.2) is 30.3 Å². The Bertz CT molecular complexity index is 782. The molecule has 0 bridgehead atoms. The zero-order valence-electron chi connectivity index (χ0n) is 11.8. The maximum Gasteiger partial charge on any atom is 0.452 e. The fourth-order valence-electron chi connectivity index (χ4n) is 1.95. The number of halogens is 3. The van der Waals surface area contributed by atoms with E-state index in [-0.39, 0.29) is 5.13 Å². The van der Waals surface area contributed by atoms with Crippen molar-refractivity contribution in [2.24, 2.45) is 0 Å². The molecular formula is C13H11F3N6S. The van der Waals surface area contributed by atoms with Gasteiger partial charge in [0.1, 0.15) is 11.9 Å². The second-order valence-corrected chi connectivity index (χ2v) is 5.44. The van der Waals surface area contributed by atoms with E-state index >= 15 is 0 Å². The molecule has 10 heteroatoms. The molecule has 23 heavy (non-hydrogen) atoms. The number of aryl methyl sites for hydroxylation is 1. The van der Waals surface area contributed by atoms with Gasteiger partial charge in [-0.25, -0.2) is 4.98 Å². The highest BCUT2D eigenvalue weighted by molar-refractivity contribution is 7.09. The molecule has 0 fully saturated rings. The molecule has 0 aliphatic rings. The van der Waals surface area contributed by atoms with Crippen LogP contribution in [0.2, 0.25) is 0 Å². The highest BCUT2D eigenvalue weighted by Crippen LogP contribution is 2.31. The second kappa shape index (κ2) is 5.95. The number of anilines is 1. The van der Waals surface area contributed by atoms with Gasteiger partial charge in [0, 0.05) is 11.5 Å². The third kappa shape index (κ3) is 3.47. The van der Waals surface area contributed by atoms with E-state index in [0.29, 0.717) is 23.2 Å². The van der Waals surface area contributed by atoms with Gasteiger partial charge in [-0.2, -0.15) is 27.6 Å². The summed E-state index contributed by atoms with van der Waals surface area (Å²) in [4.78, 5) is 7.73. The van der Waals surface area contributed by atoms with E-state index in [1.807, 2.05) is 30.3 Å². The summed E-state index contributed by atoms with van der Waals surface area (Å²) in [7, 11) is 0. The predicted octanol–water partition coefficient (Wildman–Crippen LogP) is 3.18. The van der Waals surface area contributed by atoms with Crippen molar-refractivity contribution in [3.05, 3.63) is 53.4 Å². The first-order valence-corrected chi connectivity index (χ1v) is 7.32. The summed E-state index contributed by atoms with van der Waals surface area (Å²) in [6.07, 6.45) is -4.57. The van der Waals surface area contributed by atoms with Crippen LogP contribution in [-0.2, 0) is 6.18 Å². The van der Waals surface area contributed by atoms with Crippen molar-refractivity contribution in [3.63, 3.8) is 0 Å². The zero-order chi connectivity index (χ0) is 16.4. The number of hydrogen-bond donors (Lipinski definition) is 2. The molecule has 0 saturated heterocycles. The molecule has 2 aromatic heterocycles. The largest absolute Gasteiger partial charge is 0.452 e. The third-order valence-corrected chi connectivity index (χ3v) is 3.60. The van der Waals surface area contributed by atoms with Crippen LogP contribution in [0.1, 0.15) is 29.1 Å². The minimum atomic E-state index is -4.57. The minimum Gasteiger partial charge on any atom is -0.346 e. The van der Waals surface area contributed by atoms with Crippen molar-refractivity contribution >= 4 is 16.7 Å². The van der Waals surface area contributed by atoms with Gasteiger partial charge in [-0.05, 0) is 12.5 Å². The molecule has 0 aliphatic heterocycles. The monoisotopic (exact) mass is 340 g/mol. The lowest BCUT2D eigenvalue weighted by atomic mass is 10.1. The standard InChI is InChI=1S/C13H11F3N6S/c1-7-17-10(21-20-7)9(8-5-3-2-4-6-8)18-12-19-11(22-23-12)13(14,15)16/h2-6,9H,1H3,(H,17,20,21)(H,18,19,22). The molecule has 3 rings (SSSR count). The van der Waals surface area contributed by atoms with Gasteiger partial charge < -0.3 is 5.32 Å². The van der Waals surface area contributed by atoms with E-state index in [4.69, 9.17) is 0 Å². The number of benzene rings is 1. The van der Waals surface area contributed by atoms with Gasteiger partial charge in [-0.15, -0.1) is 0 Å². The quantitative estimate of drug-likeness (QED) is 0.762. The topological polar surface area (TPSA) is 79.4 Å². The predicted molar refractivity (Wildman–Crippen MR) is 77.9 cm³/mol. The lowest BCUT2D eigenvalue weighted by Crippen LogP contribution is -2.14. The second-order valence-electron chi connectivity index (χ2n) is 4.69. The van der Waals surface area contributed by atoms with Crippen molar-refractivity contribution < 1.29 is 13.2 Å². The van der Waals surface area contributed by atoms with Crippen molar-refractivity contribution in [2.45, 2.75) is 19.1 Å². The van der Waals surface area contributed by atoms with Gasteiger partial charge in [-0.3, -0.25) is 5.10 Å². The Morgan fingerprint density at radius 3 is 2.48 bits per heavy atom. The van der Waals surface area contributed by atoms with E-state index in [1.165, 1.54) is 0 Å². The molecule has 2 heterocycles. The van der Waals surface area contributed by atoms with Gasteiger partial charge in [0.15, 0.2) is 5.82 Å². The third-order valence-electron chi connectivity index (χ3n) is 2.95. The highest BCUT2D eigenvalue weighted by atomic mass is 32.1. The number of aromatic nitrogens is 5. The Balaban J connectivity index is 1.92. The maximum absolute atomic E-state index is 12.6. The van der Waals surface area contributed by atoms with E-state index in [1.54, 1.807) is 6.92 Å². The molecule has 0 radical (unpaired) electrons. The molecule has 0 amide bonds. The summed E-state index contributed by atoms with van der Waals surface area (Å²) >= 11 is 0.643. The van der Waals surface area contributed by atoms with E-state index < -0.39 is 18.0 Å². The molecular weight excluding hydrogens is 329 g/mol. The SMILES string of the molecule is Cc1nc(C(Nc2nc(C(F)(F)F)ns2)c2ccccc2)n[nH]1. The van der Waals surface area contributed by atoms with E-state index in [0.717, 1.165) is 5.56 Å². The Morgan fingerprint density at radius 1 is 1.17 bits per heavy atom. The Hall–Kier alpha value is -2.49. The molecule has 6 nitrogen and oxygen atoms in total. The summed E-state index contributed by atoms with van der Waals surface area (Å²) in [6.45, 7) is 1.74. The summed E-state index contributed by atoms with van der Waals surface area (Å²) in [5.74, 6) is -0.142. The number of aromatic amines is 1. The number of nitrogens with zero attached hydrogens (tertiary/aromatic N) is 4.